The molecule has 0 fully saturated rings. The van der Waals surface area contributed by atoms with Crippen LogP contribution in [0.3, 0.4) is 0 Å². The highest BCUT2D eigenvalue weighted by Crippen LogP contribution is 2.19. The van der Waals surface area contributed by atoms with Crippen LogP contribution in [-0.2, 0) is 6.54 Å². The van der Waals surface area contributed by atoms with Gasteiger partial charge in [-0.25, -0.2) is 4.98 Å². The lowest BCUT2D eigenvalue weighted by molar-refractivity contribution is 0.426. The molecule has 1 aromatic heterocycles. The predicted molar refractivity (Wildman–Crippen MR) is 35.5 cm³/mol. The zero-order valence-corrected chi connectivity index (χ0v) is 5.86. The Bertz CT molecular complexity index is 168. The Labute approximate surface area is 57.5 Å². The molecule has 9 heavy (non-hydrogen) atoms. The topological polar surface area (TPSA) is 45.9 Å². The van der Waals surface area contributed by atoms with E-state index in [1.54, 1.807) is 13.3 Å². The molecule has 0 aliphatic carbocycles. The van der Waals surface area contributed by atoms with Gasteiger partial charge in [-0.15, -0.1) is 0 Å². The molecular formula is C5H7N2OS. The lowest BCUT2D eigenvalue weighted by Gasteiger charge is -1.86. The second-order valence-corrected chi connectivity index (χ2v) is 2.53. The highest BCUT2D eigenvalue weighted by molar-refractivity contribution is 7.13. The van der Waals surface area contributed by atoms with Gasteiger partial charge in [-0.3, -0.25) is 5.73 Å². The fraction of sp³-hybridized carbons (Fsp3) is 0.400. The highest BCUT2D eigenvalue weighted by Gasteiger charge is 1.97. The van der Waals surface area contributed by atoms with Gasteiger partial charge in [0.2, 0.25) is 0 Å². The van der Waals surface area contributed by atoms with Crippen LogP contribution < -0.4 is 10.5 Å². The van der Waals surface area contributed by atoms with E-state index in [-0.39, 0.29) is 6.54 Å². The van der Waals surface area contributed by atoms with E-state index in [1.807, 2.05) is 0 Å². The van der Waals surface area contributed by atoms with E-state index in [4.69, 9.17) is 10.5 Å². The van der Waals surface area contributed by atoms with Crippen molar-refractivity contribution in [2.45, 2.75) is 6.54 Å². The Morgan fingerprint density at radius 2 is 2.67 bits per heavy atom. The molecule has 1 aromatic rings. The third-order valence-electron chi connectivity index (χ3n) is 0.885. The average Bonchev–Trinajstić information content (AvgIpc) is 2.34. The van der Waals surface area contributed by atoms with Crippen molar-refractivity contribution in [1.29, 1.82) is 0 Å². The van der Waals surface area contributed by atoms with Crippen LogP contribution in [0.4, 0.5) is 0 Å². The molecule has 49 valence electrons. The van der Waals surface area contributed by atoms with Crippen molar-refractivity contribution >= 4 is 11.3 Å². The van der Waals surface area contributed by atoms with Crippen LogP contribution in [0.1, 0.15) is 5.01 Å². The molecule has 0 aliphatic rings. The van der Waals surface area contributed by atoms with Gasteiger partial charge in [-0.05, 0) is 0 Å². The Morgan fingerprint density at radius 1 is 1.89 bits per heavy atom. The first kappa shape index (κ1) is 6.51. The minimum atomic E-state index is 0.244. The smallest absolute Gasteiger partial charge is 0.193 e. The van der Waals surface area contributed by atoms with Crippen LogP contribution in [-0.4, -0.2) is 12.1 Å². The summed E-state index contributed by atoms with van der Waals surface area (Å²) in [5.41, 5.74) is 6.92. The summed E-state index contributed by atoms with van der Waals surface area (Å²) >= 11 is 1.41. The molecule has 0 amide bonds. The van der Waals surface area contributed by atoms with Crippen LogP contribution in [0.15, 0.2) is 6.20 Å². The molecule has 1 N–H and O–H groups in total. The maximum atomic E-state index is 6.92. The van der Waals surface area contributed by atoms with Gasteiger partial charge < -0.3 is 4.74 Å². The lowest BCUT2D eigenvalue weighted by atomic mass is 10.7. The molecule has 0 aromatic carbocycles. The van der Waals surface area contributed by atoms with Crippen LogP contribution in [0, 0.1) is 0 Å². The molecule has 0 unspecified atom stereocenters. The number of nitrogens with zero attached hydrogens (tertiary/aromatic N) is 1. The van der Waals surface area contributed by atoms with E-state index >= 15 is 0 Å². The fourth-order valence-corrected chi connectivity index (χ4v) is 1.07. The molecule has 0 saturated heterocycles. The van der Waals surface area contributed by atoms with Crippen molar-refractivity contribution in [3.8, 4) is 5.06 Å². The quantitative estimate of drug-likeness (QED) is 0.618. The third kappa shape index (κ3) is 1.40. The molecule has 0 saturated carbocycles. The van der Waals surface area contributed by atoms with Crippen LogP contribution >= 0.6 is 11.3 Å². The summed E-state index contributed by atoms with van der Waals surface area (Å²) in [7, 11) is 1.60. The molecule has 0 aliphatic heterocycles. The summed E-state index contributed by atoms with van der Waals surface area (Å²) in [5.74, 6) is 0. The van der Waals surface area contributed by atoms with Gasteiger partial charge in [-0.2, -0.15) is 0 Å². The predicted octanol–water partition coefficient (Wildman–Crippen LogP) is 0.935. The van der Waals surface area contributed by atoms with E-state index in [0.29, 0.717) is 0 Å². The minimum absolute atomic E-state index is 0.244. The maximum absolute atomic E-state index is 6.92. The minimum Gasteiger partial charge on any atom is -0.486 e. The molecule has 0 spiro atoms. The first-order valence-corrected chi connectivity index (χ1v) is 3.31. The monoisotopic (exact) mass is 143 g/mol. The van der Waals surface area contributed by atoms with E-state index in [0.717, 1.165) is 10.1 Å². The summed E-state index contributed by atoms with van der Waals surface area (Å²) in [5, 5.41) is 1.57. The number of hydrogen-bond donors (Lipinski definition) is 0. The van der Waals surface area contributed by atoms with Crippen LogP contribution in [0.5, 0.6) is 5.06 Å². The number of ether oxygens (including phenoxy) is 1. The number of thiazole rings is 1. The zero-order chi connectivity index (χ0) is 6.69. The maximum Gasteiger partial charge on any atom is 0.193 e. The SMILES string of the molecule is COc1cnc(C[NH])s1. The Kier molecular flexibility index (Phi) is 2.02. The summed E-state index contributed by atoms with van der Waals surface area (Å²) in [6.07, 6.45) is 1.63. The van der Waals surface area contributed by atoms with Crippen molar-refractivity contribution in [2.24, 2.45) is 0 Å². The van der Waals surface area contributed by atoms with Crippen molar-refractivity contribution in [3.05, 3.63) is 11.2 Å². The second kappa shape index (κ2) is 2.80. The number of rotatable bonds is 2. The van der Waals surface area contributed by atoms with E-state index in [9.17, 15) is 0 Å². The van der Waals surface area contributed by atoms with Gasteiger partial charge in [0.1, 0.15) is 5.01 Å². The molecule has 1 heterocycles. The van der Waals surface area contributed by atoms with Crippen molar-refractivity contribution in [2.75, 3.05) is 7.11 Å². The zero-order valence-electron chi connectivity index (χ0n) is 5.05. The van der Waals surface area contributed by atoms with Gasteiger partial charge in [0.05, 0.1) is 19.9 Å². The Balaban J connectivity index is 2.74. The van der Waals surface area contributed by atoms with Crippen LogP contribution in [0.25, 0.3) is 0 Å². The first-order valence-electron chi connectivity index (χ1n) is 2.50. The van der Waals surface area contributed by atoms with E-state index < -0.39 is 0 Å². The molecule has 3 nitrogen and oxygen atoms in total. The molecule has 0 atom stereocenters. The molecule has 4 heteroatoms. The van der Waals surface area contributed by atoms with E-state index in [2.05, 4.69) is 4.98 Å². The summed E-state index contributed by atoms with van der Waals surface area (Å²) < 4.78 is 4.87. The summed E-state index contributed by atoms with van der Waals surface area (Å²) in [4.78, 5) is 3.91. The van der Waals surface area contributed by atoms with Crippen molar-refractivity contribution < 1.29 is 4.74 Å². The number of methoxy groups -OCH3 is 1. The van der Waals surface area contributed by atoms with Gasteiger partial charge in [0.15, 0.2) is 5.06 Å². The van der Waals surface area contributed by atoms with Gasteiger partial charge in [-0.1, -0.05) is 11.3 Å². The number of aromatic nitrogens is 1. The van der Waals surface area contributed by atoms with E-state index in [1.165, 1.54) is 11.3 Å². The summed E-state index contributed by atoms with van der Waals surface area (Å²) in [6, 6.07) is 0. The van der Waals surface area contributed by atoms with Crippen LogP contribution in [0.2, 0.25) is 0 Å². The fourth-order valence-electron chi connectivity index (χ4n) is 0.470. The second-order valence-electron chi connectivity index (χ2n) is 1.45. The van der Waals surface area contributed by atoms with Crippen molar-refractivity contribution in [1.82, 2.24) is 10.7 Å². The Morgan fingerprint density at radius 3 is 3.00 bits per heavy atom. The largest absolute Gasteiger partial charge is 0.486 e. The first-order chi connectivity index (χ1) is 4.36. The van der Waals surface area contributed by atoms with Gasteiger partial charge in [0.25, 0.3) is 0 Å². The lowest BCUT2D eigenvalue weighted by Crippen LogP contribution is -1.78. The Hall–Kier alpha value is -0.610. The highest BCUT2D eigenvalue weighted by atomic mass is 32.1. The molecule has 1 rings (SSSR count). The number of hydrogen-bond acceptors (Lipinski definition) is 3. The third-order valence-corrected chi connectivity index (χ3v) is 1.84. The van der Waals surface area contributed by atoms with Gasteiger partial charge >= 0.3 is 0 Å². The number of nitrogens with one attached hydrogen (secondary N) is 1. The molecule has 0 bridgehead atoms. The molecular weight excluding hydrogens is 136 g/mol. The van der Waals surface area contributed by atoms with Gasteiger partial charge in [0, 0.05) is 0 Å². The van der Waals surface area contributed by atoms with Crippen molar-refractivity contribution in [3.63, 3.8) is 0 Å². The summed E-state index contributed by atoms with van der Waals surface area (Å²) in [6.45, 7) is 0.244. The normalized spacial score (nSPS) is 9.56. The average molecular weight is 143 g/mol. The standard InChI is InChI=1S/C5H7N2OS/c1-8-5-3-7-4(2-6)9-5/h3,6H,2H2,1H3. The molecule has 1 radical (unpaired) electrons.